The number of amides is 1. The third-order valence-electron chi connectivity index (χ3n) is 8.27. The van der Waals surface area contributed by atoms with Crippen LogP contribution in [0.1, 0.15) is 45.0 Å². The smallest absolute Gasteiger partial charge is 0.292 e. The van der Waals surface area contributed by atoms with E-state index in [2.05, 4.69) is 26.1 Å². The predicted octanol–water partition coefficient (Wildman–Crippen LogP) is 4.23. The van der Waals surface area contributed by atoms with E-state index >= 15 is 0 Å². The first-order valence-electron chi connectivity index (χ1n) is 10.9. The molecular weight excluding hydrogens is 424 g/mol. The molecule has 1 fully saturated rings. The van der Waals surface area contributed by atoms with Gasteiger partial charge in [0.15, 0.2) is 11.5 Å². The number of para-hydroxylation sites is 2. The van der Waals surface area contributed by atoms with Crippen molar-refractivity contribution < 1.29 is 19.2 Å². The van der Waals surface area contributed by atoms with E-state index in [0.29, 0.717) is 34.6 Å². The van der Waals surface area contributed by atoms with Crippen LogP contribution >= 0.6 is 0 Å². The molecule has 33 heavy (non-hydrogen) atoms. The van der Waals surface area contributed by atoms with Crippen LogP contribution in [0.2, 0.25) is 0 Å². The molecule has 2 atom stereocenters. The summed E-state index contributed by atoms with van der Waals surface area (Å²) in [6, 6.07) is 9.80. The highest BCUT2D eigenvalue weighted by Gasteiger charge is 2.73. The van der Waals surface area contributed by atoms with Gasteiger partial charge in [-0.05, 0) is 24.3 Å². The van der Waals surface area contributed by atoms with Gasteiger partial charge in [-0.15, -0.1) is 0 Å². The Kier molecular flexibility index (Phi) is 3.73. The van der Waals surface area contributed by atoms with Crippen molar-refractivity contribution in [2.24, 2.45) is 5.41 Å². The Balaban J connectivity index is 1.53. The van der Waals surface area contributed by atoms with Gasteiger partial charge >= 0.3 is 0 Å². The molecule has 0 spiro atoms. The molecule has 6 rings (SSSR count). The van der Waals surface area contributed by atoms with E-state index in [9.17, 15) is 14.9 Å². The second kappa shape index (κ2) is 6.18. The minimum absolute atomic E-state index is 0.142. The maximum absolute atomic E-state index is 14.0. The number of rotatable bonds is 3. The highest BCUT2D eigenvalue weighted by atomic mass is 16.7. The normalized spacial score (nSPS) is 25.8. The summed E-state index contributed by atoms with van der Waals surface area (Å²) in [5.41, 5.74) is 0.945. The molecule has 168 valence electrons. The molecule has 3 aliphatic rings. The van der Waals surface area contributed by atoms with E-state index in [-0.39, 0.29) is 29.5 Å². The van der Waals surface area contributed by atoms with Crippen LogP contribution in [0, 0.1) is 15.5 Å². The number of carbonyl (C=O) groups is 1. The van der Waals surface area contributed by atoms with Gasteiger partial charge in [-0.2, -0.15) is 0 Å². The highest BCUT2D eigenvalue weighted by molar-refractivity contribution is 6.03. The predicted molar refractivity (Wildman–Crippen MR) is 119 cm³/mol. The lowest BCUT2D eigenvalue weighted by molar-refractivity contribution is -0.383. The van der Waals surface area contributed by atoms with Crippen molar-refractivity contribution in [2.75, 3.05) is 12.1 Å². The van der Waals surface area contributed by atoms with Crippen molar-refractivity contribution >= 4 is 28.3 Å². The van der Waals surface area contributed by atoms with Crippen LogP contribution in [0.5, 0.6) is 11.5 Å². The van der Waals surface area contributed by atoms with E-state index < -0.39 is 15.8 Å². The molecule has 2 bridgehead atoms. The summed E-state index contributed by atoms with van der Waals surface area (Å²) in [5.74, 6) is 0.940. The number of nitro benzene ring substituents is 1. The fourth-order valence-electron chi connectivity index (χ4n) is 5.96. The first-order chi connectivity index (χ1) is 15.7. The molecule has 1 aliphatic heterocycles. The van der Waals surface area contributed by atoms with Crippen LogP contribution in [0.25, 0.3) is 11.0 Å². The molecule has 2 aromatic carbocycles. The Morgan fingerprint density at radius 2 is 1.67 bits per heavy atom. The van der Waals surface area contributed by atoms with E-state index in [1.165, 1.54) is 6.07 Å². The number of nitrogens with one attached hydrogen (secondary N) is 1. The quantitative estimate of drug-likeness (QED) is 0.472. The van der Waals surface area contributed by atoms with E-state index in [0.717, 1.165) is 12.1 Å². The lowest BCUT2D eigenvalue weighted by Gasteiger charge is -2.39. The number of nitrogens with zero attached hydrogens (tertiary/aromatic N) is 3. The number of nitro groups is 1. The van der Waals surface area contributed by atoms with Crippen molar-refractivity contribution in [2.45, 2.75) is 44.4 Å². The van der Waals surface area contributed by atoms with Gasteiger partial charge in [0.05, 0.1) is 32.8 Å². The van der Waals surface area contributed by atoms with Crippen LogP contribution in [-0.2, 0) is 15.6 Å². The van der Waals surface area contributed by atoms with Gasteiger partial charge in [0.2, 0.25) is 12.7 Å². The monoisotopic (exact) mass is 446 g/mol. The van der Waals surface area contributed by atoms with Crippen LogP contribution in [-0.4, -0.2) is 27.6 Å². The molecule has 9 heteroatoms. The fraction of sp³-hybridized carbons (Fsp3) is 0.375. The molecule has 1 saturated carbocycles. The molecule has 0 radical (unpaired) electrons. The SMILES string of the molecule is CC12CCC(C(=O)Nc3ccccc3[N+](=O)[O-])(c3nc4cc5c(cc4nc31)OCO5)C2(C)C. The molecular formula is C24H22N4O5. The van der Waals surface area contributed by atoms with Gasteiger partial charge < -0.3 is 14.8 Å². The maximum atomic E-state index is 14.0. The number of benzene rings is 2. The van der Waals surface area contributed by atoms with Crippen molar-refractivity contribution in [3.63, 3.8) is 0 Å². The van der Waals surface area contributed by atoms with Crippen LogP contribution < -0.4 is 14.8 Å². The molecule has 1 aromatic heterocycles. The Bertz CT molecular complexity index is 1390. The average Bonchev–Trinajstić information content (AvgIpc) is 3.35. The standard InChI is InChI=1S/C24H22N4O5/c1-22(2)23(3)8-9-24(22,21(29)27-13-6-4-5-7-16(13)28(30)31)20-19(23)25-14-10-17-18(33-12-32-17)11-15(14)26-20/h4-7,10-11H,8-9,12H2,1-3H3,(H,27,29). The Hall–Kier alpha value is -3.75. The number of hydrogen-bond donors (Lipinski definition) is 1. The van der Waals surface area contributed by atoms with Crippen molar-refractivity contribution in [1.29, 1.82) is 0 Å². The average molecular weight is 446 g/mol. The minimum atomic E-state index is -0.974. The van der Waals surface area contributed by atoms with Crippen LogP contribution in [0.4, 0.5) is 11.4 Å². The summed E-state index contributed by atoms with van der Waals surface area (Å²) in [7, 11) is 0. The largest absolute Gasteiger partial charge is 0.454 e. The second-order valence-corrected chi connectivity index (χ2v) is 9.71. The van der Waals surface area contributed by atoms with Crippen molar-refractivity contribution in [3.05, 3.63) is 57.9 Å². The van der Waals surface area contributed by atoms with Gasteiger partial charge in [0.1, 0.15) is 5.69 Å². The summed E-state index contributed by atoms with van der Waals surface area (Å²) < 4.78 is 11.0. The topological polar surface area (TPSA) is 116 Å². The van der Waals surface area contributed by atoms with E-state index in [4.69, 9.17) is 19.4 Å². The Morgan fingerprint density at radius 3 is 2.33 bits per heavy atom. The first kappa shape index (κ1) is 19.9. The number of fused-ring (bicyclic) bond motifs is 7. The molecule has 2 heterocycles. The van der Waals surface area contributed by atoms with Gasteiger partial charge in [-0.3, -0.25) is 14.9 Å². The minimum Gasteiger partial charge on any atom is -0.454 e. The second-order valence-electron chi connectivity index (χ2n) is 9.71. The first-order valence-corrected chi connectivity index (χ1v) is 10.9. The molecule has 3 aromatic rings. The highest BCUT2D eigenvalue weighted by Crippen LogP contribution is 2.70. The molecule has 2 aliphatic carbocycles. The Morgan fingerprint density at radius 1 is 1.03 bits per heavy atom. The molecule has 0 saturated heterocycles. The van der Waals surface area contributed by atoms with Crippen molar-refractivity contribution in [3.8, 4) is 11.5 Å². The maximum Gasteiger partial charge on any atom is 0.292 e. The van der Waals surface area contributed by atoms with Crippen LogP contribution in [0.15, 0.2) is 36.4 Å². The number of aromatic nitrogens is 2. The van der Waals surface area contributed by atoms with Gasteiger partial charge in [0.25, 0.3) is 5.69 Å². The van der Waals surface area contributed by atoms with E-state index in [1.54, 1.807) is 24.3 Å². The molecule has 1 amide bonds. The third-order valence-corrected chi connectivity index (χ3v) is 8.27. The fourth-order valence-corrected chi connectivity index (χ4v) is 5.96. The number of hydrogen-bond acceptors (Lipinski definition) is 7. The zero-order valence-electron chi connectivity index (χ0n) is 18.5. The van der Waals surface area contributed by atoms with Gasteiger partial charge in [-0.25, -0.2) is 9.97 Å². The zero-order chi connectivity index (χ0) is 23.2. The molecule has 9 nitrogen and oxygen atoms in total. The lowest BCUT2D eigenvalue weighted by atomic mass is 9.63. The number of anilines is 1. The Labute approximate surface area is 189 Å². The molecule has 2 unspecified atom stereocenters. The third kappa shape index (κ3) is 2.29. The lowest BCUT2D eigenvalue weighted by Crippen LogP contribution is -2.48. The van der Waals surface area contributed by atoms with Gasteiger partial charge in [-0.1, -0.05) is 32.9 Å². The summed E-state index contributed by atoms with van der Waals surface area (Å²) in [6.07, 6.45) is 1.35. The summed E-state index contributed by atoms with van der Waals surface area (Å²) in [6.45, 7) is 6.42. The zero-order valence-corrected chi connectivity index (χ0v) is 18.5. The van der Waals surface area contributed by atoms with Crippen molar-refractivity contribution in [1.82, 2.24) is 9.97 Å². The van der Waals surface area contributed by atoms with E-state index in [1.807, 2.05) is 6.07 Å². The number of carbonyl (C=O) groups excluding carboxylic acids is 1. The van der Waals surface area contributed by atoms with Crippen LogP contribution in [0.3, 0.4) is 0 Å². The summed E-state index contributed by atoms with van der Waals surface area (Å²) in [4.78, 5) is 34.9. The summed E-state index contributed by atoms with van der Waals surface area (Å²) in [5, 5.41) is 14.4. The molecule has 1 N–H and O–H groups in total. The number of ether oxygens (including phenoxy) is 2. The summed E-state index contributed by atoms with van der Waals surface area (Å²) >= 11 is 0. The van der Waals surface area contributed by atoms with Gasteiger partial charge in [0, 0.05) is 23.6 Å².